The minimum absolute atomic E-state index is 0.0642. The van der Waals surface area contributed by atoms with Crippen molar-refractivity contribution in [1.82, 2.24) is 0 Å². The average molecular weight is 376 g/mol. The van der Waals surface area contributed by atoms with Gasteiger partial charge in [0, 0.05) is 18.8 Å². The van der Waals surface area contributed by atoms with Crippen LogP contribution >= 0.6 is 0 Å². The molecule has 2 aromatic rings. The Kier molecular flexibility index (Phi) is 5.92. The van der Waals surface area contributed by atoms with Crippen molar-refractivity contribution in [1.29, 1.82) is 0 Å². The molecule has 26 heavy (non-hydrogen) atoms. The molecule has 0 radical (unpaired) electrons. The number of anilines is 2. The summed E-state index contributed by atoms with van der Waals surface area (Å²) < 4.78 is 27.8. The maximum absolute atomic E-state index is 12.6. The maximum Gasteiger partial charge on any atom is 0.337 e. The predicted octanol–water partition coefficient (Wildman–Crippen LogP) is 3.65. The van der Waals surface area contributed by atoms with Gasteiger partial charge in [0.25, 0.3) is 10.0 Å². The Bertz CT molecular complexity index is 899. The topological polar surface area (TPSA) is 86.7 Å². The van der Waals surface area contributed by atoms with E-state index in [1.807, 2.05) is 38.7 Å². The molecule has 2 N–H and O–H groups in total. The SMILES string of the molecule is CCN(CC)c1ccc(NS(=O)(=O)c2cc(C)cc(C)c2)cc1C(=O)O. The zero-order valence-electron chi connectivity index (χ0n) is 15.4. The van der Waals surface area contributed by atoms with E-state index in [-0.39, 0.29) is 16.1 Å². The zero-order chi connectivity index (χ0) is 19.5. The van der Waals surface area contributed by atoms with Crippen LogP contribution in [0.1, 0.15) is 35.3 Å². The molecular formula is C19H24N2O4S. The first-order chi connectivity index (χ1) is 12.2. The van der Waals surface area contributed by atoms with E-state index >= 15 is 0 Å². The van der Waals surface area contributed by atoms with Crippen LogP contribution in [0.2, 0.25) is 0 Å². The number of benzene rings is 2. The van der Waals surface area contributed by atoms with Crippen LogP contribution in [0.15, 0.2) is 41.3 Å². The standard InChI is InChI=1S/C19H24N2O4S/c1-5-21(6-2)18-8-7-15(12-17(18)19(22)23)20-26(24,25)16-10-13(3)9-14(4)11-16/h7-12,20H,5-6H2,1-4H3,(H,22,23). The number of rotatable bonds is 7. The van der Waals surface area contributed by atoms with E-state index in [1.54, 1.807) is 24.3 Å². The van der Waals surface area contributed by atoms with Crippen molar-refractivity contribution >= 4 is 27.4 Å². The second-order valence-electron chi connectivity index (χ2n) is 6.14. The average Bonchev–Trinajstić information content (AvgIpc) is 2.55. The lowest BCUT2D eigenvalue weighted by molar-refractivity contribution is 0.0697. The second-order valence-corrected chi connectivity index (χ2v) is 7.82. The number of hydrogen-bond acceptors (Lipinski definition) is 4. The minimum atomic E-state index is -3.80. The van der Waals surface area contributed by atoms with E-state index in [4.69, 9.17) is 0 Å². The van der Waals surface area contributed by atoms with Crippen molar-refractivity contribution in [3.05, 3.63) is 53.1 Å². The Morgan fingerprint density at radius 1 is 1.04 bits per heavy atom. The van der Waals surface area contributed by atoms with Crippen molar-refractivity contribution in [2.24, 2.45) is 0 Å². The van der Waals surface area contributed by atoms with Crippen molar-refractivity contribution in [2.75, 3.05) is 22.7 Å². The van der Waals surface area contributed by atoms with E-state index in [1.165, 1.54) is 6.07 Å². The molecule has 0 aliphatic rings. The summed E-state index contributed by atoms with van der Waals surface area (Å²) in [6, 6.07) is 9.63. The number of hydrogen-bond donors (Lipinski definition) is 2. The molecule has 0 bridgehead atoms. The molecule has 0 aliphatic heterocycles. The second kappa shape index (κ2) is 7.78. The van der Waals surface area contributed by atoms with E-state index in [0.717, 1.165) is 11.1 Å². The van der Waals surface area contributed by atoms with Gasteiger partial charge >= 0.3 is 5.97 Å². The van der Waals surface area contributed by atoms with Crippen LogP contribution < -0.4 is 9.62 Å². The Morgan fingerprint density at radius 3 is 2.12 bits per heavy atom. The molecule has 0 atom stereocenters. The molecule has 6 nitrogen and oxygen atoms in total. The summed E-state index contributed by atoms with van der Waals surface area (Å²) in [5, 5.41) is 9.51. The summed E-state index contributed by atoms with van der Waals surface area (Å²) in [5.41, 5.74) is 2.53. The molecule has 7 heteroatoms. The first-order valence-electron chi connectivity index (χ1n) is 8.41. The van der Waals surface area contributed by atoms with E-state index in [0.29, 0.717) is 18.8 Å². The van der Waals surface area contributed by atoms with Gasteiger partial charge in [-0.3, -0.25) is 4.72 Å². The van der Waals surface area contributed by atoms with Gasteiger partial charge in [0.15, 0.2) is 0 Å². The summed E-state index contributed by atoms with van der Waals surface area (Å²) in [5.74, 6) is -1.10. The highest BCUT2D eigenvalue weighted by Gasteiger charge is 2.19. The Balaban J connectivity index is 2.43. The molecule has 0 aliphatic carbocycles. The third kappa shape index (κ3) is 4.35. The van der Waals surface area contributed by atoms with Gasteiger partial charge in [-0.2, -0.15) is 0 Å². The maximum atomic E-state index is 12.6. The van der Waals surface area contributed by atoms with Gasteiger partial charge < -0.3 is 10.0 Å². The Labute approximate surface area is 154 Å². The summed E-state index contributed by atoms with van der Waals surface area (Å²) >= 11 is 0. The fourth-order valence-electron chi connectivity index (χ4n) is 2.91. The summed E-state index contributed by atoms with van der Waals surface area (Å²) in [4.78, 5) is 13.7. The highest BCUT2D eigenvalue weighted by molar-refractivity contribution is 7.92. The van der Waals surface area contributed by atoms with Gasteiger partial charge in [-0.15, -0.1) is 0 Å². The van der Waals surface area contributed by atoms with Crippen molar-refractivity contribution < 1.29 is 18.3 Å². The van der Waals surface area contributed by atoms with Gasteiger partial charge in [-0.25, -0.2) is 13.2 Å². The van der Waals surface area contributed by atoms with Crippen LogP contribution in [0.25, 0.3) is 0 Å². The van der Waals surface area contributed by atoms with Crippen LogP contribution in [0.4, 0.5) is 11.4 Å². The zero-order valence-corrected chi connectivity index (χ0v) is 16.2. The first-order valence-corrected chi connectivity index (χ1v) is 9.89. The van der Waals surface area contributed by atoms with Crippen molar-refractivity contribution in [3.8, 4) is 0 Å². The fraction of sp³-hybridized carbons (Fsp3) is 0.316. The first kappa shape index (κ1) is 19.8. The minimum Gasteiger partial charge on any atom is -0.478 e. The molecule has 0 aromatic heterocycles. The lowest BCUT2D eigenvalue weighted by Crippen LogP contribution is -2.24. The van der Waals surface area contributed by atoms with Crippen LogP contribution in [-0.2, 0) is 10.0 Å². The predicted molar refractivity (Wildman–Crippen MR) is 104 cm³/mol. The molecule has 2 rings (SSSR count). The highest BCUT2D eigenvalue weighted by Crippen LogP contribution is 2.26. The molecule has 0 saturated carbocycles. The van der Waals surface area contributed by atoms with Gasteiger partial charge in [0.1, 0.15) is 0 Å². The molecule has 0 amide bonds. The van der Waals surface area contributed by atoms with Gasteiger partial charge in [0.2, 0.25) is 0 Å². The molecule has 140 valence electrons. The van der Waals surface area contributed by atoms with Crippen LogP contribution in [0.5, 0.6) is 0 Å². The smallest absolute Gasteiger partial charge is 0.337 e. The molecular weight excluding hydrogens is 352 g/mol. The normalized spacial score (nSPS) is 11.2. The summed E-state index contributed by atoms with van der Waals surface area (Å²) in [6.07, 6.45) is 0. The van der Waals surface area contributed by atoms with Gasteiger partial charge in [0.05, 0.1) is 16.1 Å². The monoisotopic (exact) mass is 376 g/mol. The van der Waals surface area contributed by atoms with Crippen molar-refractivity contribution in [3.63, 3.8) is 0 Å². The number of aryl methyl sites for hydroxylation is 2. The third-order valence-corrected chi connectivity index (χ3v) is 5.45. The lowest BCUT2D eigenvalue weighted by atomic mass is 10.1. The third-order valence-electron chi connectivity index (χ3n) is 4.09. The summed E-state index contributed by atoms with van der Waals surface area (Å²) in [6.45, 7) is 8.84. The molecule has 2 aromatic carbocycles. The number of carboxylic acids is 1. The van der Waals surface area contributed by atoms with Gasteiger partial charge in [-0.05, 0) is 69.2 Å². The largest absolute Gasteiger partial charge is 0.478 e. The number of carbonyl (C=O) groups is 1. The molecule has 0 fully saturated rings. The molecule has 0 saturated heterocycles. The lowest BCUT2D eigenvalue weighted by Gasteiger charge is -2.23. The van der Waals surface area contributed by atoms with Crippen LogP contribution in [0.3, 0.4) is 0 Å². The number of nitrogens with one attached hydrogen (secondary N) is 1. The highest BCUT2D eigenvalue weighted by atomic mass is 32.2. The molecule has 0 heterocycles. The summed E-state index contributed by atoms with van der Waals surface area (Å²) in [7, 11) is -3.80. The number of nitrogens with zero attached hydrogens (tertiary/aromatic N) is 1. The fourth-order valence-corrected chi connectivity index (χ4v) is 4.15. The number of carboxylic acid groups (broad SMARTS) is 1. The van der Waals surface area contributed by atoms with E-state index in [2.05, 4.69) is 4.72 Å². The van der Waals surface area contributed by atoms with E-state index in [9.17, 15) is 18.3 Å². The Morgan fingerprint density at radius 2 is 1.62 bits per heavy atom. The Hall–Kier alpha value is -2.54. The van der Waals surface area contributed by atoms with Crippen molar-refractivity contribution in [2.45, 2.75) is 32.6 Å². The quantitative estimate of drug-likeness (QED) is 0.770. The van der Waals surface area contributed by atoms with Crippen LogP contribution in [-0.4, -0.2) is 32.6 Å². The molecule has 0 unspecified atom stereocenters. The number of aromatic carboxylic acids is 1. The number of sulfonamides is 1. The van der Waals surface area contributed by atoms with Gasteiger partial charge in [-0.1, -0.05) is 6.07 Å². The van der Waals surface area contributed by atoms with E-state index < -0.39 is 16.0 Å². The molecule has 0 spiro atoms. The van der Waals surface area contributed by atoms with Crippen LogP contribution in [0, 0.1) is 13.8 Å².